The van der Waals surface area contributed by atoms with Gasteiger partial charge in [0, 0.05) is 12.1 Å². The molecular formula is C16H27NO2. The number of fused-ring (bicyclic) bond motifs is 2. The van der Waals surface area contributed by atoms with Crippen LogP contribution in [0.2, 0.25) is 0 Å². The van der Waals surface area contributed by atoms with Crippen molar-refractivity contribution in [2.45, 2.75) is 83.4 Å². The molecule has 3 fully saturated rings. The van der Waals surface area contributed by atoms with E-state index in [4.69, 9.17) is 4.74 Å². The van der Waals surface area contributed by atoms with E-state index in [-0.39, 0.29) is 11.7 Å². The number of rotatable bonds is 3. The molecule has 1 aliphatic carbocycles. The molecule has 1 amide bonds. The summed E-state index contributed by atoms with van der Waals surface area (Å²) in [6.45, 7) is 6.70. The summed E-state index contributed by atoms with van der Waals surface area (Å²) >= 11 is 0. The smallest absolute Gasteiger partial charge is 0.410 e. The summed E-state index contributed by atoms with van der Waals surface area (Å²) in [7, 11) is 0. The maximum absolute atomic E-state index is 12.4. The van der Waals surface area contributed by atoms with Gasteiger partial charge < -0.3 is 9.64 Å². The number of nitrogens with zero attached hydrogens (tertiary/aromatic N) is 1. The second kappa shape index (κ2) is 4.68. The fourth-order valence-corrected chi connectivity index (χ4v) is 3.86. The van der Waals surface area contributed by atoms with E-state index < -0.39 is 0 Å². The molecule has 2 aliphatic heterocycles. The maximum atomic E-state index is 12.4. The van der Waals surface area contributed by atoms with Gasteiger partial charge in [-0.2, -0.15) is 0 Å². The van der Waals surface area contributed by atoms with Crippen LogP contribution in [-0.2, 0) is 4.74 Å². The lowest BCUT2D eigenvalue weighted by molar-refractivity contribution is 0.0214. The fraction of sp³-hybridized carbons (Fsp3) is 0.938. The molecule has 19 heavy (non-hydrogen) atoms. The lowest BCUT2D eigenvalue weighted by atomic mass is 9.81. The lowest BCUT2D eigenvalue weighted by Gasteiger charge is -2.40. The molecule has 2 heterocycles. The summed E-state index contributed by atoms with van der Waals surface area (Å²) in [6.07, 6.45) is 8.05. The Kier molecular flexibility index (Phi) is 3.26. The zero-order chi connectivity index (χ0) is 13.6. The number of carbonyl (C=O) groups is 1. The van der Waals surface area contributed by atoms with Gasteiger partial charge in [0.15, 0.2) is 0 Å². The van der Waals surface area contributed by atoms with E-state index in [1.807, 2.05) is 0 Å². The molecule has 0 aromatic heterocycles. The largest absolute Gasteiger partial charge is 0.443 e. The molecular weight excluding hydrogens is 238 g/mol. The third kappa shape index (κ3) is 2.48. The molecule has 2 unspecified atom stereocenters. The van der Waals surface area contributed by atoms with Gasteiger partial charge >= 0.3 is 6.09 Å². The predicted molar refractivity (Wildman–Crippen MR) is 74.9 cm³/mol. The molecule has 2 saturated heterocycles. The van der Waals surface area contributed by atoms with E-state index in [2.05, 4.69) is 25.7 Å². The topological polar surface area (TPSA) is 29.5 Å². The molecule has 3 atom stereocenters. The molecule has 0 N–H and O–H groups in total. The van der Waals surface area contributed by atoms with Crippen molar-refractivity contribution >= 4 is 6.09 Å². The highest BCUT2D eigenvalue weighted by Gasteiger charge is 2.48. The Morgan fingerprint density at radius 3 is 2.37 bits per heavy atom. The Labute approximate surface area is 116 Å². The summed E-state index contributed by atoms with van der Waals surface area (Å²) in [6, 6.07) is 0.903. The van der Waals surface area contributed by atoms with Gasteiger partial charge in [0.05, 0.1) is 0 Å². The van der Waals surface area contributed by atoms with Crippen LogP contribution in [0.4, 0.5) is 4.79 Å². The van der Waals surface area contributed by atoms with Gasteiger partial charge in [-0.1, -0.05) is 20.3 Å². The van der Waals surface area contributed by atoms with Crippen molar-refractivity contribution in [2.75, 3.05) is 0 Å². The van der Waals surface area contributed by atoms with Crippen molar-refractivity contribution < 1.29 is 9.53 Å². The first-order chi connectivity index (χ1) is 9.02. The van der Waals surface area contributed by atoms with Crippen LogP contribution in [-0.4, -0.2) is 28.7 Å². The van der Waals surface area contributed by atoms with E-state index in [0.29, 0.717) is 12.1 Å². The summed E-state index contributed by atoms with van der Waals surface area (Å²) in [5.74, 6) is 1.60. The number of hydrogen-bond acceptors (Lipinski definition) is 2. The summed E-state index contributed by atoms with van der Waals surface area (Å²) < 4.78 is 5.68. The zero-order valence-corrected chi connectivity index (χ0v) is 12.5. The average Bonchev–Trinajstić information content (AvgIpc) is 3.04. The van der Waals surface area contributed by atoms with Crippen molar-refractivity contribution in [1.82, 2.24) is 4.90 Å². The number of piperidine rings is 1. The van der Waals surface area contributed by atoms with E-state index >= 15 is 0 Å². The van der Waals surface area contributed by atoms with Crippen LogP contribution in [0.15, 0.2) is 0 Å². The quantitative estimate of drug-likeness (QED) is 0.773. The minimum Gasteiger partial charge on any atom is -0.443 e. The Morgan fingerprint density at radius 2 is 1.89 bits per heavy atom. The van der Waals surface area contributed by atoms with Gasteiger partial charge in [-0.3, -0.25) is 0 Å². The molecule has 1 saturated carbocycles. The Hall–Kier alpha value is -0.730. The second-order valence-corrected chi connectivity index (χ2v) is 7.23. The van der Waals surface area contributed by atoms with Gasteiger partial charge in [0.1, 0.15) is 5.60 Å². The standard InChI is InChI=1S/C16H27NO2/c1-4-11(2)12-9-13-5-6-14(10-12)17(13)15(18)19-16(3)7-8-16/h11-14H,4-10H2,1-3H3/t11-,12?,13?,14?/m1/s1. The first kappa shape index (κ1) is 13.3. The molecule has 0 aromatic rings. The van der Waals surface area contributed by atoms with Gasteiger partial charge in [0.25, 0.3) is 0 Å². The van der Waals surface area contributed by atoms with Gasteiger partial charge in [-0.25, -0.2) is 4.79 Å². The van der Waals surface area contributed by atoms with Crippen LogP contribution in [0.1, 0.15) is 65.7 Å². The first-order valence-electron chi connectivity index (χ1n) is 8.04. The minimum atomic E-state index is -0.135. The zero-order valence-electron chi connectivity index (χ0n) is 12.5. The van der Waals surface area contributed by atoms with E-state index in [1.165, 1.54) is 32.1 Å². The third-order valence-electron chi connectivity index (χ3n) is 5.72. The average molecular weight is 265 g/mol. The Bertz CT molecular complexity index is 350. The highest BCUT2D eigenvalue weighted by molar-refractivity contribution is 5.70. The van der Waals surface area contributed by atoms with Gasteiger partial charge in [0.2, 0.25) is 0 Å². The van der Waals surface area contributed by atoms with Gasteiger partial charge in [-0.05, 0) is 57.3 Å². The van der Waals surface area contributed by atoms with Crippen molar-refractivity contribution in [3.8, 4) is 0 Å². The summed E-state index contributed by atoms with van der Waals surface area (Å²) in [5.41, 5.74) is -0.135. The number of hydrogen-bond donors (Lipinski definition) is 0. The van der Waals surface area contributed by atoms with Crippen LogP contribution in [0.3, 0.4) is 0 Å². The fourth-order valence-electron chi connectivity index (χ4n) is 3.86. The molecule has 3 rings (SSSR count). The highest BCUT2D eigenvalue weighted by Crippen LogP contribution is 2.44. The molecule has 3 nitrogen and oxygen atoms in total. The van der Waals surface area contributed by atoms with Crippen molar-refractivity contribution in [2.24, 2.45) is 11.8 Å². The van der Waals surface area contributed by atoms with Crippen LogP contribution >= 0.6 is 0 Å². The summed E-state index contributed by atoms with van der Waals surface area (Å²) in [5, 5.41) is 0. The first-order valence-corrected chi connectivity index (χ1v) is 8.04. The number of amides is 1. The van der Waals surface area contributed by atoms with Crippen LogP contribution in [0, 0.1) is 11.8 Å². The second-order valence-electron chi connectivity index (χ2n) is 7.23. The molecule has 3 aliphatic rings. The Morgan fingerprint density at radius 1 is 1.32 bits per heavy atom. The van der Waals surface area contributed by atoms with Crippen LogP contribution < -0.4 is 0 Å². The van der Waals surface area contributed by atoms with E-state index in [1.54, 1.807) is 0 Å². The molecule has 0 aromatic carbocycles. The van der Waals surface area contributed by atoms with Crippen LogP contribution in [0.25, 0.3) is 0 Å². The minimum absolute atomic E-state index is 0.0323. The molecule has 3 heteroatoms. The van der Waals surface area contributed by atoms with Crippen molar-refractivity contribution in [3.63, 3.8) is 0 Å². The molecule has 2 bridgehead atoms. The van der Waals surface area contributed by atoms with E-state index in [0.717, 1.165) is 24.7 Å². The molecule has 0 radical (unpaired) electrons. The Balaban J connectivity index is 1.64. The molecule has 108 valence electrons. The number of ether oxygens (including phenoxy) is 1. The lowest BCUT2D eigenvalue weighted by Crippen LogP contribution is -2.48. The van der Waals surface area contributed by atoms with Crippen molar-refractivity contribution in [1.29, 1.82) is 0 Å². The summed E-state index contributed by atoms with van der Waals surface area (Å²) in [4.78, 5) is 14.5. The normalized spacial score (nSPS) is 37.0. The number of carbonyl (C=O) groups excluding carboxylic acids is 1. The third-order valence-corrected chi connectivity index (χ3v) is 5.72. The van der Waals surface area contributed by atoms with Crippen molar-refractivity contribution in [3.05, 3.63) is 0 Å². The predicted octanol–water partition coefficient (Wildman–Crippen LogP) is 3.96. The van der Waals surface area contributed by atoms with Crippen LogP contribution in [0.5, 0.6) is 0 Å². The maximum Gasteiger partial charge on any atom is 0.410 e. The molecule has 0 spiro atoms. The monoisotopic (exact) mass is 265 g/mol. The van der Waals surface area contributed by atoms with E-state index in [9.17, 15) is 4.79 Å². The highest BCUT2D eigenvalue weighted by atomic mass is 16.6. The van der Waals surface area contributed by atoms with Gasteiger partial charge in [-0.15, -0.1) is 0 Å². The SMILES string of the molecule is CC[C@@H](C)C1CC2CCC(C1)N2C(=O)OC1(C)CC1.